The maximum atomic E-state index is 9.05. The number of anilines is 1. The van der Waals surface area contributed by atoms with Crippen LogP contribution in [-0.2, 0) is 9.31 Å². The minimum absolute atomic E-state index is 0.155. The molecule has 1 aromatic heterocycles. The lowest BCUT2D eigenvalue weighted by Crippen LogP contribution is -2.47. The molecule has 2 atom stereocenters. The lowest BCUT2D eigenvalue weighted by Gasteiger charge is -2.32. The van der Waals surface area contributed by atoms with Gasteiger partial charge in [-0.1, -0.05) is 12.8 Å². The minimum atomic E-state index is -0.442. The molecule has 7 nitrogen and oxygen atoms in total. The molecule has 2 heterocycles. The summed E-state index contributed by atoms with van der Waals surface area (Å²) in [5, 5.41) is 15.9. The fraction of sp³-hybridized carbons (Fsp3) is 0.778. The van der Waals surface area contributed by atoms with Crippen LogP contribution >= 0.6 is 0 Å². The Balaban J connectivity index is 1.63. The lowest BCUT2D eigenvalue weighted by atomic mass is 9.81. The van der Waals surface area contributed by atoms with Gasteiger partial charge in [0.15, 0.2) is 0 Å². The predicted octanol–water partition coefficient (Wildman–Crippen LogP) is 1.08. The molecule has 1 saturated carbocycles. The molecule has 26 heavy (non-hydrogen) atoms. The highest BCUT2D eigenvalue weighted by atomic mass is 16.7. The average Bonchev–Trinajstić information content (AvgIpc) is 2.82. The first-order valence-corrected chi connectivity index (χ1v) is 9.61. The topological polar surface area (TPSA) is 88.5 Å². The predicted molar refractivity (Wildman–Crippen MR) is 103 cm³/mol. The van der Waals surface area contributed by atoms with Crippen LogP contribution in [0.15, 0.2) is 12.4 Å². The zero-order valence-corrected chi connectivity index (χ0v) is 16.3. The van der Waals surface area contributed by atoms with Gasteiger partial charge in [-0.25, -0.2) is 9.97 Å². The summed E-state index contributed by atoms with van der Waals surface area (Å²) in [4.78, 5) is 8.94. The van der Waals surface area contributed by atoms with Gasteiger partial charge in [0.25, 0.3) is 0 Å². The summed E-state index contributed by atoms with van der Waals surface area (Å²) >= 11 is 0. The van der Waals surface area contributed by atoms with Crippen molar-refractivity contribution in [2.24, 2.45) is 0 Å². The third kappa shape index (κ3) is 4.19. The standard InChI is InChI=1S/C18H31BN4O3/c1-17(2)18(3,4)26-19(25-17)13-11-21-16(22-12-13)23-15-8-6-5-7-14(15)20-9-10-24/h11-12,14-15,20,24H,5-10H2,1-4H3,(H,21,22,23). The van der Waals surface area contributed by atoms with E-state index in [9.17, 15) is 0 Å². The largest absolute Gasteiger partial charge is 0.498 e. The lowest BCUT2D eigenvalue weighted by molar-refractivity contribution is 0.00578. The summed E-state index contributed by atoms with van der Waals surface area (Å²) in [6.45, 7) is 8.91. The number of aromatic nitrogens is 2. The molecule has 1 saturated heterocycles. The van der Waals surface area contributed by atoms with Crippen LogP contribution in [0.5, 0.6) is 0 Å². The summed E-state index contributed by atoms with van der Waals surface area (Å²) in [6.07, 6.45) is 8.13. The van der Waals surface area contributed by atoms with Gasteiger partial charge in [-0.3, -0.25) is 0 Å². The molecule has 144 valence electrons. The van der Waals surface area contributed by atoms with E-state index in [1.165, 1.54) is 12.8 Å². The Morgan fingerprint density at radius 3 is 2.23 bits per heavy atom. The van der Waals surface area contributed by atoms with Crippen LogP contribution in [0.3, 0.4) is 0 Å². The summed E-state index contributed by atoms with van der Waals surface area (Å²) in [5.74, 6) is 0.618. The minimum Gasteiger partial charge on any atom is -0.399 e. The molecule has 0 spiro atoms. The first-order chi connectivity index (χ1) is 12.3. The van der Waals surface area contributed by atoms with Crippen LogP contribution in [0.4, 0.5) is 5.95 Å². The fourth-order valence-corrected chi connectivity index (χ4v) is 3.48. The SMILES string of the molecule is CC1(C)OB(c2cnc(NC3CCCCC3NCCO)nc2)OC1(C)C. The van der Waals surface area contributed by atoms with E-state index in [0.29, 0.717) is 18.5 Å². The van der Waals surface area contributed by atoms with Gasteiger partial charge >= 0.3 is 7.12 Å². The summed E-state index contributed by atoms with van der Waals surface area (Å²) in [5.41, 5.74) is 0.0812. The van der Waals surface area contributed by atoms with Crippen molar-refractivity contribution in [3.63, 3.8) is 0 Å². The third-order valence-electron chi connectivity index (χ3n) is 5.80. The highest BCUT2D eigenvalue weighted by Crippen LogP contribution is 2.36. The van der Waals surface area contributed by atoms with E-state index in [1.54, 1.807) is 12.4 Å². The molecule has 1 aliphatic heterocycles. The van der Waals surface area contributed by atoms with Crippen molar-refractivity contribution in [1.82, 2.24) is 15.3 Å². The van der Waals surface area contributed by atoms with Crippen molar-refractivity contribution in [1.29, 1.82) is 0 Å². The van der Waals surface area contributed by atoms with Gasteiger partial charge in [0.05, 0.1) is 17.8 Å². The molecule has 0 radical (unpaired) electrons. The number of aliphatic hydroxyl groups excluding tert-OH is 1. The van der Waals surface area contributed by atoms with Gasteiger partial charge in [0, 0.05) is 36.5 Å². The Labute approximate surface area is 156 Å². The molecule has 1 aromatic rings. The Morgan fingerprint density at radius 2 is 1.65 bits per heavy atom. The number of nitrogens with one attached hydrogen (secondary N) is 2. The second kappa shape index (κ2) is 7.80. The highest BCUT2D eigenvalue weighted by molar-refractivity contribution is 6.61. The number of hydrogen-bond acceptors (Lipinski definition) is 7. The van der Waals surface area contributed by atoms with Gasteiger partial charge in [-0.15, -0.1) is 0 Å². The van der Waals surface area contributed by atoms with Crippen LogP contribution in [0.25, 0.3) is 0 Å². The van der Waals surface area contributed by atoms with Crippen molar-refractivity contribution >= 4 is 18.5 Å². The normalized spacial score (nSPS) is 27.5. The van der Waals surface area contributed by atoms with Crippen molar-refractivity contribution < 1.29 is 14.4 Å². The highest BCUT2D eigenvalue weighted by Gasteiger charge is 2.51. The van der Waals surface area contributed by atoms with Crippen molar-refractivity contribution in [2.45, 2.75) is 76.7 Å². The van der Waals surface area contributed by atoms with E-state index >= 15 is 0 Å². The Kier molecular flexibility index (Phi) is 5.86. The van der Waals surface area contributed by atoms with Crippen molar-refractivity contribution in [2.75, 3.05) is 18.5 Å². The van der Waals surface area contributed by atoms with E-state index < -0.39 is 7.12 Å². The van der Waals surface area contributed by atoms with Gasteiger partial charge < -0.3 is 25.0 Å². The van der Waals surface area contributed by atoms with Gasteiger partial charge in [0.2, 0.25) is 5.95 Å². The van der Waals surface area contributed by atoms with Crippen LogP contribution in [0.1, 0.15) is 53.4 Å². The zero-order valence-electron chi connectivity index (χ0n) is 16.3. The maximum Gasteiger partial charge on any atom is 0.498 e. The number of hydrogen-bond donors (Lipinski definition) is 3. The van der Waals surface area contributed by atoms with Crippen LogP contribution in [0, 0.1) is 0 Å². The summed E-state index contributed by atoms with van der Waals surface area (Å²) in [6, 6.07) is 0.611. The molecule has 0 amide bonds. The molecule has 0 bridgehead atoms. The molecule has 2 fully saturated rings. The summed E-state index contributed by atoms with van der Waals surface area (Å²) < 4.78 is 12.1. The van der Waals surface area contributed by atoms with E-state index in [-0.39, 0.29) is 23.9 Å². The Hall–Kier alpha value is -1.22. The molecule has 1 aliphatic carbocycles. The maximum absolute atomic E-state index is 9.05. The second-order valence-electron chi connectivity index (χ2n) is 8.25. The molecule has 2 aliphatic rings. The van der Waals surface area contributed by atoms with E-state index in [0.717, 1.165) is 18.3 Å². The van der Waals surface area contributed by atoms with E-state index in [1.807, 2.05) is 27.7 Å². The fourth-order valence-electron chi connectivity index (χ4n) is 3.48. The first-order valence-electron chi connectivity index (χ1n) is 9.61. The molecule has 3 N–H and O–H groups in total. The smallest absolute Gasteiger partial charge is 0.399 e. The monoisotopic (exact) mass is 362 g/mol. The van der Waals surface area contributed by atoms with Gasteiger partial charge in [-0.05, 0) is 40.5 Å². The quantitative estimate of drug-likeness (QED) is 0.653. The van der Waals surface area contributed by atoms with Gasteiger partial charge in [0.1, 0.15) is 0 Å². The van der Waals surface area contributed by atoms with E-state index in [2.05, 4.69) is 20.6 Å². The Morgan fingerprint density at radius 1 is 1.08 bits per heavy atom. The summed E-state index contributed by atoms with van der Waals surface area (Å²) in [7, 11) is -0.442. The van der Waals surface area contributed by atoms with E-state index in [4.69, 9.17) is 14.4 Å². The Bertz CT molecular complexity index is 581. The molecule has 8 heteroatoms. The number of nitrogens with zero attached hydrogens (tertiary/aromatic N) is 2. The van der Waals surface area contributed by atoms with Crippen molar-refractivity contribution in [3.8, 4) is 0 Å². The third-order valence-corrected chi connectivity index (χ3v) is 5.80. The number of rotatable bonds is 6. The number of aliphatic hydroxyl groups is 1. The van der Waals surface area contributed by atoms with Gasteiger partial charge in [-0.2, -0.15) is 0 Å². The first kappa shape index (κ1) is 19.5. The molecule has 0 aromatic carbocycles. The second-order valence-corrected chi connectivity index (χ2v) is 8.25. The molecule has 3 rings (SSSR count). The van der Waals surface area contributed by atoms with Crippen LogP contribution in [0.2, 0.25) is 0 Å². The molecule has 2 unspecified atom stereocenters. The van der Waals surface area contributed by atoms with Crippen molar-refractivity contribution in [3.05, 3.63) is 12.4 Å². The van der Waals surface area contributed by atoms with Crippen LogP contribution < -0.4 is 16.1 Å². The molecular formula is C18H31BN4O3. The molecular weight excluding hydrogens is 331 g/mol. The zero-order chi connectivity index (χ0) is 18.8. The average molecular weight is 362 g/mol. The van der Waals surface area contributed by atoms with Crippen LogP contribution in [-0.4, -0.2) is 58.6 Å².